The van der Waals surface area contributed by atoms with E-state index in [1.54, 1.807) is 0 Å². The van der Waals surface area contributed by atoms with Crippen LogP contribution < -0.4 is 0 Å². The maximum absolute atomic E-state index is 8.97. The van der Waals surface area contributed by atoms with Crippen molar-refractivity contribution < 1.29 is 10.2 Å². The number of hydrogen-bond acceptors (Lipinski definition) is 3. The molecule has 50 valence electrons. The van der Waals surface area contributed by atoms with Crippen molar-refractivity contribution in [2.24, 2.45) is 0 Å². The summed E-state index contributed by atoms with van der Waals surface area (Å²) in [4.78, 5) is 1.48. The van der Waals surface area contributed by atoms with Crippen LogP contribution in [0.1, 0.15) is 6.42 Å². The smallest absolute Gasteiger partial charge is 0.183 e. The minimum atomic E-state index is -0.354. The fraction of sp³-hybridized carbons (Fsp3) is 1.00. The number of rotatable bonds is 1. The predicted molar refractivity (Wildman–Crippen MR) is 34.0 cm³/mol. The molecule has 0 aromatic carbocycles. The second-order valence-corrected chi connectivity index (χ2v) is 2.42. The molecule has 3 nitrogen and oxygen atoms in total. The summed E-state index contributed by atoms with van der Waals surface area (Å²) in [5.41, 5.74) is 0. The summed E-state index contributed by atoms with van der Waals surface area (Å²) < 4.78 is 0. The van der Waals surface area contributed by atoms with Gasteiger partial charge in [-0.2, -0.15) is 0 Å². The van der Waals surface area contributed by atoms with Gasteiger partial charge in [0.05, 0.1) is 12.7 Å². The van der Waals surface area contributed by atoms with E-state index in [2.05, 4.69) is 0 Å². The summed E-state index contributed by atoms with van der Waals surface area (Å²) in [6.07, 6.45) is 0.236. The number of nitrogens with zero attached hydrogens (tertiary/aromatic N) is 1. The quantitative estimate of drug-likeness (QED) is 0.421. The molecule has 1 fully saturated rings. The first-order valence-corrected chi connectivity index (χ1v) is 3.04. The van der Waals surface area contributed by atoms with Crippen LogP contribution in [-0.2, 0) is 0 Å². The molecule has 0 aliphatic carbocycles. The van der Waals surface area contributed by atoms with Crippen LogP contribution in [0.4, 0.5) is 0 Å². The lowest BCUT2D eigenvalue weighted by Gasteiger charge is -2.15. The zero-order valence-electron chi connectivity index (χ0n) is 5.20. The van der Waals surface area contributed by atoms with Crippen LogP contribution in [0, 0.1) is 0 Å². The Bertz CT molecular complexity index is 101. The molecular formula is C5H10BNO2. The maximum atomic E-state index is 8.97. The first kappa shape index (κ1) is 7.06. The van der Waals surface area contributed by atoms with Crippen LogP contribution >= 0.6 is 0 Å². The van der Waals surface area contributed by atoms with Crippen molar-refractivity contribution in [2.75, 3.05) is 13.2 Å². The third-order valence-corrected chi connectivity index (χ3v) is 1.65. The lowest BCUT2D eigenvalue weighted by atomic mass is 10.2. The molecule has 2 N–H and O–H groups in total. The normalized spacial score (nSPS) is 37.6. The number of hydrogen-bond donors (Lipinski definition) is 2. The lowest BCUT2D eigenvalue weighted by Crippen LogP contribution is -2.29. The zero-order valence-corrected chi connectivity index (χ0v) is 5.20. The van der Waals surface area contributed by atoms with Crippen LogP contribution in [0.15, 0.2) is 0 Å². The predicted octanol–water partition coefficient (Wildman–Crippen LogP) is -1.50. The van der Waals surface area contributed by atoms with E-state index in [0.717, 1.165) is 0 Å². The van der Waals surface area contributed by atoms with Crippen LogP contribution in [0.5, 0.6) is 0 Å². The average Bonchev–Trinajstić information content (AvgIpc) is 2.10. The van der Waals surface area contributed by atoms with E-state index in [0.29, 0.717) is 13.0 Å². The molecule has 9 heavy (non-hydrogen) atoms. The van der Waals surface area contributed by atoms with Crippen LogP contribution in [0.3, 0.4) is 0 Å². The molecule has 0 bridgehead atoms. The second kappa shape index (κ2) is 2.69. The molecule has 0 amide bonds. The van der Waals surface area contributed by atoms with E-state index >= 15 is 0 Å². The molecule has 1 aliphatic rings. The van der Waals surface area contributed by atoms with E-state index in [-0.39, 0.29) is 18.8 Å². The van der Waals surface area contributed by atoms with E-state index in [9.17, 15) is 0 Å². The molecule has 0 saturated carbocycles. The summed E-state index contributed by atoms with van der Waals surface area (Å²) in [6.45, 7) is 0.513. The fourth-order valence-corrected chi connectivity index (χ4v) is 1.10. The number of aliphatic hydroxyl groups excluding tert-OH is 2. The van der Waals surface area contributed by atoms with Crippen LogP contribution in [0.2, 0.25) is 0 Å². The maximum Gasteiger partial charge on any atom is 0.183 e. The molecule has 4 heteroatoms. The topological polar surface area (TPSA) is 43.7 Å². The van der Waals surface area contributed by atoms with Gasteiger partial charge in [0.1, 0.15) is 0 Å². The van der Waals surface area contributed by atoms with Crippen LogP contribution in [-0.4, -0.2) is 48.3 Å². The minimum Gasteiger partial charge on any atom is -0.395 e. The highest BCUT2D eigenvalue weighted by molar-refractivity contribution is 6.04. The number of β-amino-alcohol motifs (C(OH)–C–C–N with tert-alkyl or cyclic N) is 1. The summed E-state index contributed by atoms with van der Waals surface area (Å²) in [5, 5.41) is 17.6. The first-order chi connectivity index (χ1) is 4.24. The Morgan fingerprint density at radius 3 is 2.56 bits per heavy atom. The van der Waals surface area contributed by atoms with Crippen molar-refractivity contribution in [3.8, 4) is 0 Å². The highest BCUT2D eigenvalue weighted by Crippen LogP contribution is 2.13. The fourth-order valence-electron chi connectivity index (χ4n) is 1.10. The van der Waals surface area contributed by atoms with Gasteiger partial charge in [-0.1, -0.05) is 0 Å². The average molecular weight is 127 g/mol. The van der Waals surface area contributed by atoms with Gasteiger partial charge < -0.3 is 15.0 Å². The highest BCUT2D eigenvalue weighted by Gasteiger charge is 2.26. The third-order valence-electron chi connectivity index (χ3n) is 1.65. The Kier molecular flexibility index (Phi) is 2.11. The van der Waals surface area contributed by atoms with Gasteiger partial charge in [0.25, 0.3) is 0 Å². The van der Waals surface area contributed by atoms with Crippen molar-refractivity contribution in [3.05, 3.63) is 0 Å². The van der Waals surface area contributed by atoms with E-state index in [1.165, 1.54) is 4.81 Å². The summed E-state index contributed by atoms with van der Waals surface area (Å²) >= 11 is 0. The summed E-state index contributed by atoms with van der Waals surface area (Å²) in [5.74, 6) is 0. The van der Waals surface area contributed by atoms with Gasteiger partial charge in [-0.25, -0.2) is 0 Å². The molecule has 1 saturated heterocycles. The van der Waals surface area contributed by atoms with Crippen molar-refractivity contribution in [1.29, 1.82) is 0 Å². The van der Waals surface area contributed by atoms with Gasteiger partial charge in [0.15, 0.2) is 7.98 Å². The summed E-state index contributed by atoms with van der Waals surface area (Å²) in [7, 11) is 5.39. The van der Waals surface area contributed by atoms with Crippen molar-refractivity contribution in [1.82, 2.24) is 4.81 Å². The zero-order chi connectivity index (χ0) is 6.85. The molecule has 2 unspecified atom stereocenters. The molecule has 2 radical (unpaired) electrons. The van der Waals surface area contributed by atoms with Gasteiger partial charge in [-0.15, -0.1) is 0 Å². The van der Waals surface area contributed by atoms with Crippen LogP contribution in [0.25, 0.3) is 0 Å². The van der Waals surface area contributed by atoms with E-state index < -0.39 is 0 Å². The third kappa shape index (κ3) is 1.44. The van der Waals surface area contributed by atoms with Gasteiger partial charge in [-0.05, 0) is 6.42 Å². The van der Waals surface area contributed by atoms with Gasteiger partial charge >= 0.3 is 0 Å². The Morgan fingerprint density at radius 2 is 2.33 bits per heavy atom. The monoisotopic (exact) mass is 127 g/mol. The van der Waals surface area contributed by atoms with E-state index in [1.807, 2.05) is 0 Å². The van der Waals surface area contributed by atoms with Crippen molar-refractivity contribution >= 4 is 7.98 Å². The summed E-state index contributed by atoms with van der Waals surface area (Å²) in [6, 6.07) is -0.0417. The lowest BCUT2D eigenvalue weighted by molar-refractivity contribution is 0.184. The van der Waals surface area contributed by atoms with Crippen molar-refractivity contribution in [2.45, 2.75) is 18.6 Å². The van der Waals surface area contributed by atoms with Crippen molar-refractivity contribution in [3.63, 3.8) is 0 Å². The largest absolute Gasteiger partial charge is 0.395 e. The number of aliphatic hydroxyl groups is 2. The van der Waals surface area contributed by atoms with Gasteiger partial charge in [0, 0.05) is 12.6 Å². The Labute approximate surface area is 55.7 Å². The van der Waals surface area contributed by atoms with Gasteiger partial charge in [-0.3, -0.25) is 0 Å². The highest BCUT2D eigenvalue weighted by atomic mass is 16.3. The Balaban J connectivity index is 2.38. The first-order valence-electron chi connectivity index (χ1n) is 3.04. The van der Waals surface area contributed by atoms with E-state index in [4.69, 9.17) is 18.2 Å². The molecular weight excluding hydrogens is 117 g/mol. The Hall–Kier alpha value is -0.0551. The molecule has 0 spiro atoms. The van der Waals surface area contributed by atoms with Gasteiger partial charge in [0.2, 0.25) is 0 Å². The molecule has 1 aliphatic heterocycles. The molecule has 0 aromatic heterocycles. The Morgan fingerprint density at radius 1 is 1.67 bits per heavy atom. The minimum absolute atomic E-state index is 0.0353. The second-order valence-electron chi connectivity index (χ2n) is 2.42. The standard InChI is InChI=1S/C5H10BNO2/c6-7-2-5(9)1-4(7)3-8/h4-5,8-9H,1-3H2. The molecule has 2 atom stereocenters. The molecule has 1 rings (SSSR count). The molecule has 0 aromatic rings. The molecule has 1 heterocycles. The SMILES string of the molecule is [B]N1CC(O)CC1CO.